The highest BCUT2D eigenvalue weighted by Crippen LogP contribution is 2.30. The molecule has 0 bridgehead atoms. The van der Waals surface area contributed by atoms with E-state index in [0.717, 1.165) is 0 Å². The molecule has 0 aromatic heterocycles. The summed E-state index contributed by atoms with van der Waals surface area (Å²) in [6.07, 6.45) is -0.309. The predicted molar refractivity (Wildman–Crippen MR) is 131 cm³/mol. The molecule has 3 rings (SSSR count). The quantitative estimate of drug-likeness (QED) is 0.525. The van der Waals surface area contributed by atoms with E-state index < -0.39 is 10.0 Å². The standard InChI is InChI=1S/C24H33N3O6S/c1-5-31-22-12-9-20(13-23(22)32-6-2)26-24(28)14-25-19-7-10-21(11-8-19)34(29,30)27-15-17(3)33-18(4)16-27/h7-13,17-18,25H,5-6,14-16H2,1-4H3,(H,26,28)/t17-,18+. The molecule has 1 aliphatic heterocycles. The van der Waals surface area contributed by atoms with Gasteiger partial charge in [0.15, 0.2) is 11.5 Å². The van der Waals surface area contributed by atoms with Crippen LogP contribution in [0.2, 0.25) is 0 Å². The van der Waals surface area contributed by atoms with Crippen LogP contribution in [0.4, 0.5) is 11.4 Å². The van der Waals surface area contributed by atoms with Gasteiger partial charge in [-0.25, -0.2) is 8.42 Å². The van der Waals surface area contributed by atoms with E-state index in [2.05, 4.69) is 10.6 Å². The van der Waals surface area contributed by atoms with E-state index in [9.17, 15) is 13.2 Å². The Kier molecular flexibility index (Phi) is 8.76. The largest absolute Gasteiger partial charge is 0.490 e. The second-order valence-electron chi connectivity index (χ2n) is 8.03. The van der Waals surface area contributed by atoms with Crippen molar-refractivity contribution in [1.82, 2.24) is 4.31 Å². The molecule has 1 saturated heterocycles. The summed E-state index contributed by atoms with van der Waals surface area (Å²) < 4.78 is 44.1. The molecule has 1 heterocycles. The summed E-state index contributed by atoms with van der Waals surface area (Å²) in [4.78, 5) is 12.6. The van der Waals surface area contributed by atoms with Gasteiger partial charge in [-0.3, -0.25) is 4.79 Å². The zero-order chi connectivity index (χ0) is 24.7. The first-order valence-electron chi connectivity index (χ1n) is 11.4. The number of nitrogens with zero attached hydrogens (tertiary/aromatic N) is 1. The van der Waals surface area contributed by atoms with E-state index >= 15 is 0 Å². The van der Waals surface area contributed by atoms with Crippen molar-refractivity contribution in [3.8, 4) is 11.5 Å². The molecular formula is C24H33N3O6S. The number of hydrogen-bond acceptors (Lipinski definition) is 7. The minimum atomic E-state index is -3.61. The number of sulfonamides is 1. The fourth-order valence-corrected chi connectivity index (χ4v) is 5.33. The van der Waals surface area contributed by atoms with Gasteiger partial charge in [0.05, 0.1) is 36.9 Å². The zero-order valence-corrected chi connectivity index (χ0v) is 20.9. The molecule has 2 aromatic rings. The van der Waals surface area contributed by atoms with Crippen LogP contribution in [0.15, 0.2) is 47.4 Å². The number of carbonyl (C=O) groups excluding carboxylic acids is 1. The minimum Gasteiger partial charge on any atom is -0.490 e. The van der Waals surface area contributed by atoms with Crippen molar-refractivity contribution >= 4 is 27.3 Å². The zero-order valence-electron chi connectivity index (χ0n) is 20.0. The van der Waals surface area contributed by atoms with Crippen LogP contribution in [0, 0.1) is 0 Å². The van der Waals surface area contributed by atoms with Crippen molar-refractivity contribution in [2.75, 3.05) is 43.5 Å². The Morgan fingerprint density at radius 2 is 1.56 bits per heavy atom. The molecule has 0 radical (unpaired) electrons. The molecule has 2 aromatic carbocycles. The third-order valence-corrected chi connectivity index (χ3v) is 7.00. The molecular weight excluding hydrogens is 458 g/mol. The number of rotatable bonds is 10. The highest BCUT2D eigenvalue weighted by Gasteiger charge is 2.32. The van der Waals surface area contributed by atoms with Crippen molar-refractivity contribution in [2.45, 2.75) is 44.8 Å². The molecule has 9 nitrogen and oxygen atoms in total. The van der Waals surface area contributed by atoms with E-state index in [1.54, 1.807) is 42.5 Å². The molecule has 0 saturated carbocycles. The summed E-state index contributed by atoms with van der Waals surface area (Å²) in [6, 6.07) is 11.6. The third kappa shape index (κ3) is 6.62. The molecule has 2 atom stereocenters. The van der Waals surface area contributed by atoms with Gasteiger partial charge in [-0.1, -0.05) is 0 Å². The number of anilines is 2. The first-order valence-corrected chi connectivity index (χ1v) is 12.9. The molecule has 1 amide bonds. The summed E-state index contributed by atoms with van der Waals surface area (Å²) in [6.45, 7) is 9.15. The van der Waals surface area contributed by atoms with Gasteiger partial charge in [-0.05, 0) is 64.1 Å². The summed E-state index contributed by atoms with van der Waals surface area (Å²) in [5, 5.41) is 5.83. The van der Waals surface area contributed by atoms with Gasteiger partial charge >= 0.3 is 0 Å². The first-order chi connectivity index (χ1) is 16.2. The molecule has 0 aliphatic carbocycles. The van der Waals surface area contributed by atoms with Gasteiger partial charge in [-0.2, -0.15) is 4.31 Å². The average Bonchev–Trinajstić information content (AvgIpc) is 2.79. The van der Waals surface area contributed by atoms with E-state index in [0.29, 0.717) is 49.2 Å². The maximum atomic E-state index is 13.0. The Morgan fingerprint density at radius 3 is 2.18 bits per heavy atom. The van der Waals surface area contributed by atoms with Crippen LogP contribution in [0.5, 0.6) is 11.5 Å². The predicted octanol–water partition coefficient (Wildman–Crippen LogP) is 3.33. The Balaban J connectivity index is 1.58. The monoisotopic (exact) mass is 491 g/mol. The van der Waals surface area contributed by atoms with Crippen LogP contribution in [0.25, 0.3) is 0 Å². The molecule has 1 fully saturated rings. The van der Waals surface area contributed by atoms with Crippen LogP contribution in [0.1, 0.15) is 27.7 Å². The van der Waals surface area contributed by atoms with Gasteiger partial charge in [0.1, 0.15) is 0 Å². The van der Waals surface area contributed by atoms with Gasteiger partial charge in [0, 0.05) is 30.5 Å². The van der Waals surface area contributed by atoms with Crippen LogP contribution in [-0.4, -0.2) is 63.7 Å². The third-order valence-electron chi connectivity index (χ3n) is 5.16. The lowest BCUT2D eigenvalue weighted by atomic mass is 10.2. The van der Waals surface area contributed by atoms with Crippen molar-refractivity contribution in [1.29, 1.82) is 0 Å². The van der Waals surface area contributed by atoms with Gasteiger partial charge in [0.2, 0.25) is 15.9 Å². The SMILES string of the molecule is CCOc1ccc(NC(=O)CNc2ccc(S(=O)(=O)N3C[C@@H](C)O[C@@H](C)C3)cc2)cc1OCC. The second-order valence-corrected chi connectivity index (χ2v) is 9.97. The lowest BCUT2D eigenvalue weighted by Crippen LogP contribution is -2.48. The number of hydrogen-bond donors (Lipinski definition) is 2. The molecule has 10 heteroatoms. The Morgan fingerprint density at radius 1 is 0.971 bits per heavy atom. The van der Waals surface area contributed by atoms with Crippen LogP contribution < -0.4 is 20.1 Å². The van der Waals surface area contributed by atoms with Crippen LogP contribution in [0.3, 0.4) is 0 Å². The maximum absolute atomic E-state index is 13.0. The molecule has 186 valence electrons. The Bertz CT molecular complexity index is 1060. The fourth-order valence-electron chi connectivity index (χ4n) is 3.74. The fraction of sp³-hybridized carbons (Fsp3) is 0.458. The molecule has 1 aliphatic rings. The van der Waals surface area contributed by atoms with Crippen molar-refractivity contribution in [2.24, 2.45) is 0 Å². The normalized spacial score (nSPS) is 18.8. The van der Waals surface area contributed by atoms with E-state index in [4.69, 9.17) is 14.2 Å². The van der Waals surface area contributed by atoms with Crippen LogP contribution >= 0.6 is 0 Å². The molecule has 0 unspecified atom stereocenters. The van der Waals surface area contributed by atoms with Crippen molar-refractivity contribution in [3.05, 3.63) is 42.5 Å². The van der Waals surface area contributed by atoms with E-state index in [1.165, 1.54) is 4.31 Å². The second kappa shape index (κ2) is 11.5. The van der Waals surface area contributed by atoms with Crippen molar-refractivity contribution in [3.63, 3.8) is 0 Å². The molecule has 34 heavy (non-hydrogen) atoms. The number of carbonyl (C=O) groups is 1. The smallest absolute Gasteiger partial charge is 0.243 e. The Labute approximate surface area is 201 Å². The molecule has 2 N–H and O–H groups in total. The number of nitrogens with one attached hydrogen (secondary N) is 2. The van der Waals surface area contributed by atoms with Crippen molar-refractivity contribution < 1.29 is 27.4 Å². The highest BCUT2D eigenvalue weighted by atomic mass is 32.2. The highest BCUT2D eigenvalue weighted by molar-refractivity contribution is 7.89. The van der Waals surface area contributed by atoms with Gasteiger partial charge in [-0.15, -0.1) is 0 Å². The summed E-state index contributed by atoms with van der Waals surface area (Å²) >= 11 is 0. The number of morpholine rings is 1. The number of amides is 1. The topological polar surface area (TPSA) is 106 Å². The van der Waals surface area contributed by atoms with Gasteiger partial charge < -0.3 is 24.8 Å². The minimum absolute atomic E-state index is 0.0156. The van der Waals surface area contributed by atoms with E-state index in [1.807, 2.05) is 27.7 Å². The number of ether oxygens (including phenoxy) is 3. The lowest BCUT2D eigenvalue weighted by Gasteiger charge is -2.34. The van der Waals surface area contributed by atoms with Gasteiger partial charge in [0.25, 0.3) is 0 Å². The number of benzene rings is 2. The Hall–Kier alpha value is -2.82. The van der Waals surface area contributed by atoms with E-state index in [-0.39, 0.29) is 29.6 Å². The van der Waals surface area contributed by atoms with Crippen LogP contribution in [-0.2, 0) is 19.6 Å². The average molecular weight is 492 g/mol. The lowest BCUT2D eigenvalue weighted by molar-refractivity contribution is -0.114. The maximum Gasteiger partial charge on any atom is 0.243 e. The first kappa shape index (κ1) is 25.8. The summed E-state index contributed by atoms with van der Waals surface area (Å²) in [5.41, 5.74) is 1.23. The molecule has 0 spiro atoms. The summed E-state index contributed by atoms with van der Waals surface area (Å²) in [7, 11) is -3.61. The summed E-state index contributed by atoms with van der Waals surface area (Å²) in [5.74, 6) is 0.937.